The van der Waals surface area contributed by atoms with E-state index >= 15 is 0 Å². The van der Waals surface area contributed by atoms with Gasteiger partial charge in [-0.25, -0.2) is 4.79 Å². The molecule has 1 aromatic heterocycles. The molecule has 0 bridgehead atoms. The highest BCUT2D eigenvalue weighted by atomic mass is 16.5. The number of esters is 1. The zero-order valence-electron chi connectivity index (χ0n) is 12.6. The molecule has 0 N–H and O–H groups in total. The van der Waals surface area contributed by atoms with E-state index in [0.29, 0.717) is 24.4 Å². The second-order valence-corrected chi connectivity index (χ2v) is 6.40. The fourth-order valence-electron chi connectivity index (χ4n) is 3.36. The van der Waals surface area contributed by atoms with Gasteiger partial charge < -0.3 is 4.74 Å². The number of pyridine rings is 1. The van der Waals surface area contributed by atoms with Crippen LogP contribution in [0.1, 0.15) is 79.2 Å². The first kappa shape index (κ1) is 13.6. The maximum atomic E-state index is 12.2. The normalized spacial score (nSPS) is 25.1. The largest absolute Gasteiger partial charge is 0.462 e. The molecule has 2 aliphatic carbocycles. The molecule has 3 heteroatoms. The van der Waals surface area contributed by atoms with Gasteiger partial charge in [0.1, 0.15) is 0 Å². The zero-order chi connectivity index (χ0) is 14.3. The van der Waals surface area contributed by atoms with Crippen LogP contribution in [0.15, 0.2) is 6.07 Å². The van der Waals surface area contributed by atoms with Crippen molar-refractivity contribution in [1.82, 2.24) is 4.98 Å². The number of fused-ring (bicyclic) bond motifs is 1. The van der Waals surface area contributed by atoms with Crippen molar-refractivity contribution < 1.29 is 9.53 Å². The van der Waals surface area contributed by atoms with Crippen LogP contribution < -0.4 is 0 Å². The van der Waals surface area contributed by atoms with E-state index in [0.717, 1.165) is 30.5 Å². The summed E-state index contributed by atoms with van der Waals surface area (Å²) in [6, 6.07) is 2.07. The Labute approximate surface area is 120 Å². The Morgan fingerprint density at radius 3 is 2.80 bits per heavy atom. The Balaban J connectivity index is 2.04. The molecule has 0 spiro atoms. The van der Waals surface area contributed by atoms with Crippen LogP contribution in [0.4, 0.5) is 0 Å². The van der Waals surface area contributed by atoms with Gasteiger partial charge in [-0.3, -0.25) is 4.98 Å². The molecule has 108 valence electrons. The van der Waals surface area contributed by atoms with Crippen LogP contribution in [0.2, 0.25) is 0 Å². The molecule has 3 nitrogen and oxygen atoms in total. The minimum atomic E-state index is -0.199. The van der Waals surface area contributed by atoms with E-state index in [1.54, 1.807) is 0 Å². The number of hydrogen-bond acceptors (Lipinski definition) is 3. The quantitative estimate of drug-likeness (QED) is 0.786. The molecule has 2 atom stereocenters. The molecule has 2 unspecified atom stereocenters. The average Bonchev–Trinajstić information content (AvgIpc) is 3.21. The van der Waals surface area contributed by atoms with E-state index in [4.69, 9.17) is 9.72 Å². The lowest BCUT2D eigenvalue weighted by Gasteiger charge is -2.27. The van der Waals surface area contributed by atoms with E-state index < -0.39 is 0 Å². The molecule has 0 aromatic carbocycles. The number of aromatic nitrogens is 1. The third-order valence-electron chi connectivity index (χ3n) is 4.45. The van der Waals surface area contributed by atoms with Gasteiger partial charge in [-0.2, -0.15) is 0 Å². The maximum Gasteiger partial charge on any atom is 0.339 e. The van der Waals surface area contributed by atoms with Crippen molar-refractivity contribution in [2.24, 2.45) is 5.92 Å². The van der Waals surface area contributed by atoms with Crippen molar-refractivity contribution in [2.75, 3.05) is 6.61 Å². The van der Waals surface area contributed by atoms with Gasteiger partial charge in [0.2, 0.25) is 0 Å². The lowest BCUT2D eigenvalue weighted by Crippen LogP contribution is -2.20. The Hall–Kier alpha value is -1.38. The van der Waals surface area contributed by atoms with Gasteiger partial charge >= 0.3 is 5.97 Å². The summed E-state index contributed by atoms with van der Waals surface area (Å²) < 4.78 is 5.21. The van der Waals surface area contributed by atoms with Crippen molar-refractivity contribution in [2.45, 2.75) is 58.3 Å². The van der Waals surface area contributed by atoms with Crippen molar-refractivity contribution in [3.63, 3.8) is 0 Å². The first-order valence-electron chi connectivity index (χ1n) is 7.81. The number of ether oxygens (including phenoxy) is 1. The minimum Gasteiger partial charge on any atom is -0.462 e. The summed E-state index contributed by atoms with van der Waals surface area (Å²) in [5.74, 6) is 1.45. The van der Waals surface area contributed by atoms with Crippen LogP contribution in [0.25, 0.3) is 0 Å². The number of rotatable bonds is 3. The average molecular weight is 273 g/mol. The minimum absolute atomic E-state index is 0.199. The summed E-state index contributed by atoms with van der Waals surface area (Å²) in [6.07, 6.45) is 4.54. The highest BCUT2D eigenvalue weighted by molar-refractivity contribution is 5.91. The second-order valence-electron chi connectivity index (χ2n) is 6.40. The molecule has 1 saturated carbocycles. The molecule has 1 heterocycles. The summed E-state index contributed by atoms with van der Waals surface area (Å²) >= 11 is 0. The smallest absolute Gasteiger partial charge is 0.339 e. The van der Waals surface area contributed by atoms with Crippen LogP contribution in [-0.2, 0) is 11.2 Å². The van der Waals surface area contributed by atoms with Crippen molar-refractivity contribution in [1.29, 1.82) is 0 Å². The Kier molecular flexibility index (Phi) is 3.53. The molecule has 0 saturated heterocycles. The van der Waals surface area contributed by atoms with E-state index in [1.165, 1.54) is 17.7 Å². The van der Waals surface area contributed by atoms with Gasteiger partial charge in [-0.05, 0) is 56.1 Å². The summed E-state index contributed by atoms with van der Waals surface area (Å²) in [5, 5.41) is 0. The lowest BCUT2D eigenvalue weighted by molar-refractivity contribution is 0.0524. The van der Waals surface area contributed by atoms with Gasteiger partial charge in [0.25, 0.3) is 0 Å². The number of carbonyl (C=O) groups is 1. The summed E-state index contributed by atoms with van der Waals surface area (Å²) in [6.45, 7) is 6.80. The van der Waals surface area contributed by atoms with Crippen LogP contribution in [0.5, 0.6) is 0 Å². The van der Waals surface area contributed by atoms with Crippen molar-refractivity contribution in [3.05, 3.63) is 28.6 Å². The molecule has 2 aliphatic rings. The van der Waals surface area contributed by atoms with Gasteiger partial charge in [-0.15, -0.1) is 0 Å². The molecule has 0 aliphatic heterocycles. The Bertz CT molecular complexity index is 534. The first-order valence-corrected chi connectivity index (χ1v) is 7.81. The molecule has 1 fully saturated rings. The molecular formula is C17H23NO2. The molecule has 1 aromatic rings. The standard InChI is InChI=1S/C17H23NO2/c1-4-20-17(19)14-9-13-11(3)7-10(2)8-15(13)18-16(14)12-5-6-12/h9-12H,4-8H2,1-3H3. The number of hydrogen-bond donors (Lipinski definition) is 0. The molecular weight excluding hydrogens is 250 g/mol. The third-order valence-corrected chi connectivity index (χ3v) is 4.45. The SMILES string of the molecule is CCOC(=O)c1cc2c(nc1C1CC1)CC(C)CC2C. The van der Waals surface area contributed by atoms with Crippen LogP contribution in [0.3, 0.4) is 0 Å². The topological polar surface area (TPSA) is 39.2 Å². The van der Waals surface area contributed by atoms with E-state index in [-0.39, 0.29) is 5.97 Å². The van der Waals surface area contributed by atoms with Crippen LogP contribution in [0, 0.1) is 5.92 Å². The monoisotopic (exact) mass is 273 g/mol. The van der Waals surface area contributed by atoms with E-state index in [1.807, 2.05) is 6.92 Å². The Morgan fingerprint density at radius 1 is 1.40 bits per heavy atom. The zero-order valence-corrected chi connectivity index (χ0v) is 12.6. The van der Waals surface area contributed by atoms with Crippen LogP contribution in [-0.4, -0.2) is 17.6 Å². The van der Waals surface area contributed by atoms with Gasteiger partial charge in [0.15, 0.2) is 0 Å². The number of carbonyl (C=O) groups excluding carboxylic acids is 1. The first-order chi connectivity index (χ1) is 9.60. The second kappa shape index (κ2) is 5.19. The molecule has 20 heavy (non-hydrogen) atoms. The summed E-state index contributed by atoms with van der Waals surface area (Å²) in [4.78, 5) is 17.1. The van der Waals surface area contributed by atoms with Gasteiger partial charge in [-0.1, -0.05) is 13.8 Å². The number of nitrogens with zero attached hydrogens (tertiary/aromatic N) is 1. The maximum absolute atomic E-state index is 12.2. The van der Waals surface area contributed by atoms with E-state index in [2.05, 4.69) is 19.9 Å². The van der Waals surface area contributed by atoms with E-state index in [9.17, 15) is 4.79 Å². The fourth-order valence-corrected chi connectivity index (χ4v) is 3.36. The van der Waals surface area contributed by atoms with Gasteiger partial charge in [0, 0.05) is 11.6 Å². The highest BCUT2D eigenvalue weighted by Gasteiger charge is 2.33. The lowest BCUT2D eigenvalue weighted by atomic mass is 9.80. The molecule has 0 amide bonds. The highest BCUT2D eigenvalue weighted by Crippen LogP contribution is 2.43. The Morgan fingerprint density at radius 2 is 2.15 bits per heavy atom. The third kappa shape index (κ3) is 2.46. The fraction of sp³-hybridized carbons (Fsp3) is 0.647. The van der Waals surface area contributed by atoms with Crippen LogP contribution >= 0.6 is 0 Å². The summed E-state index contributed by atoms with van der Waals surface area (Å²) in [7, 11) is 0. The van der Waals surface area contributed by atoms with Crippen molar-refractivity contribution >= 4 is 5.97 Å². The molecule has 0 radical (unpaired) electrons. The van der Waals surface area contributed by atoms with Crippen molar-refractivity contribution in [3.8, 4) is 0 Å². The molecule has 3 rings (SSSR count). The summed E-state index contributed by atoms with van der Waals surface area (Å²) in [5.41, 5.74) is 4.18. The predicted molar refractivity (Wildman–Crippen MR) is 78.1 cm³/mol. The van der Waals surface area contributed by atoms with Gasteiger partial charge in [0.05, 0.1) is 17.9 Å². The predicted octanol–water partition coefficient (Wildman–Crippen LogP) is 3.82.